The summed E-state index contributed by atoms with van der Waals surface area (Å²) in [6.07, 6.45) is 2.11. The van der Waals surface area contributed by atoms with Gasteiger partial charge < -0.3 is 4.74 Å². The van der Waals surface area contributed by atoms with E-state index in [1.165, 1.54) is 11.8 Å². The lowest BCUT2D eigenvalue weighted by molar-refractivity contribution is -0.142. The summed E-state index contributed by atoms with van der Waals surface area (Å²) in [5.41, 5.74) is 1.33. The van der Waals surface area contributed by atoms with E-state index in [9.17, 15) is 10.1 Å². The summed E-state index contributed by atoms with van der Waals surface area (Å²) in [6, 6.07) is 7.73. The number of fused-ring (bicyclic) bond motifs is 1. The van der Waals surface area contributed by atoms with Crippen molar-refractivity contribution in [3.63, 3.8) is 0 Å². The van der Waals surface area contributed by atoms with Crippen LogP contribution < -0.4 is 0 Å². The van der Waals surface area contributed by atoms with Crippen molar-refractivity contribution in [3.8, 4) is 6.07 Å². The van der Waals surface area contributed by atoms with Crippen molar-refractivity contribution < 1.29 is 9.53 Å². The van der Waals surface area contributed by atoms with E-state index >= 15 is 0 Å². The molecule has 6 heteroatoms. The second kappa shape index (κ2) is 6.25. The van der Waals surface area contributed by atoms with Crippen LogP contribution in [0.3, 0.4) is 0 Å². The number of thioether (sulfide) groups is 1. The van der Waals surface area contributed by atoms with Crippen molar-refractivity contribution in [2.75, 3.05) is 12.4 Å². The third-order valence-corrected chi connectivity index (χ3v) is 3.44. The fourth-order valence-electron chi connectivity index (χ4n) is 1.65. The molecule has 5 nitrogen and oxygen atoms in total. The van der Waals surface area contributed by atoms with Gasteiger partial charge in [0.2, 0.25) is 0 Å². The predicted molar refractivity (Wildman–Crippen MR) is 71.9 cm³/mol. The summed E-state index contributed by atoms with van der Waals surface area (Å²) in [5.74, 6) is 0.328. The first kappa shape index (κ1) is 13.4. The Bertz CT molecular complexity index is 630. The van der Waals surface area contributed by atoms with Crippen LogP contribution in [0.5, 0.6) is 0 Å². The number of pyridine rings is 1. The molecule has 2 aromatic rings. The Labute approximate surface area is 115 Å². The number of ether oxygens (including phenoxy) is 1. The monoisotopic (exact) mass is 275 g/mol. The molecule has 2 rings (SSSR count). The van der Waals surface area contributed by atoms with Gasteiger partial charge in [-0.3, -0.25) is 4.79 Å². The van der Waals surface area contributed by atoms with Gasteiger partial charge in [0.15, 0.2) is 0 Å². The Hall–Kier alpha value is -2.00. The number of aromatic nitrogens is 2. The van der Waals surface area contributed by atoms with E-state index in [1.807, 2.05) is 18.2 Å². The average Bonchev–Trinajstić information content (AvgIpc) is 2.76. The first-order chi connectivity index (χ1) is 9.26. The molecule has 2 heterocycles. The maximum atomic E-state index is 11.2. The number of nitriles is 1. The molecule has 0 atom stereocenters. The van der Waals surface area contributed by atoms with Crippen LogP contribution in [0, 0.1) is 11.3 Å². The van der Waals surface area contributed by atoms with Crippen molar-refractivity contribution in [2.24, 2.45) is 0 Å². The molecule has 0 aliphatic carbocycles. The van der Waals surface area contributed by atoms with E-state index in [2.05, 4.69) is 11.2 Å². The number of carbonyl (C=O) groups is 1. The number of hydrogen-bond donors (Lipinski definition) is 0. The summed E-state index contributed by atoms with van der Waals surface area (Å²) in [4.78, 5) is 11.2. The van der Waals surface area contributed by atoms with Gasteiger partial charge in [0, 0.05) is 11.9 Å². The lowest BCUT2D eigenvalue weighted by atomic mass is 10.3. The fraction of sp³-hybridized carbons (Fsp3) is 0.308. The Morgan fingerprint density at radius 1 is 1.58 bits per heavy atom. The highest BCUT2D eigenvalue weighted by molar-refractivity contribution is 7.99. The highest BCUT2D eigenvalue weighted by Gasteiger charge is 2.13. The summed E-state index contributed by atoms with van der Waals surface area (Å²) in [5, 5.41) is 14.2. The van der Waals surface area contributed by atoms with Crippen LogP contribution in [0.25, 0.3) is 5.52 Å². The van der Waals surface area contributed by atoms with Gasteiger partial charge in [-0.25, -0.2) is 4.52 Å². The number of nitrogens with zero attached hydrogens (tertiary/aromatic N) is 3. The van der Waals surface area contributed by atoms with Gasteiger partial charge in [-0.2, -0.15) is 10.4 Å². The predicted octanol–water partition coefficient (Wildman–Crippen LogP) is 2.25. The Morgan fingerprint density at radius 2 is 2.42 bits per heavy atom. The quantitative estimate of drug-likeness (QED) is 0.618. The molecule has 98 valence electrons. The number of esters is 1. The maximum Gasteiger partial charge on any atom is 0.306 e. The summed E-state index contributed by atoms with van der Waals surface area (Å²) < 4.78 is 6.52. The third-order valence-electron chi connectivity index (χ3n) is 2.47. The second-order valence-electron chi connectivity index (χ2n) is 3.73. The molecule has 0 aromatic carbocycles. The molecule has 0 radical (unpaired) electrons. The molecule has 0 amide bonds. The highest BCUT2D eigenvalue weighted by atomic mass is 32.2. The normalized spacial score (nSPS) is 10.3. The smallest absolute Gasteiger partial charge is 0.306 e. The van der Waals surface area contributed by atoms with E-state index in [0.717, 1.165) is 5.52 Å². The molecular formula is C13H13N3O2S. The lowest BCUT2D eigenvalue weighted by Crippen LogP contribution is -2.04. The van der Waals surface area contributed by atoms with E-state index in [0.29, 0.717) is 29.4 Å². The van der Waals surface area contributed by atoms with Gasteiger partial charge in [0.1, 0.15) is 16.7 Å². The van der Waals surface area contributed by atoms with Crippen molar-refractivity contribution in [1.82, 2.24) is 9.61 Å². The molecule has 0 saturated heterocycles. The van der Waals surface area contributed by atoms with Crippen molar-refractivity contribution >= 4 is 23.2 Å². The van der Waals surface area contributed by atoms with Gasteiger partial charge >= 0.3 is 5.97 Å². The standard InChI is InChI=1S/C13H13N3O2S/c1-2-18-12(17)6-8-19-13-10(9-14)11-5-3-4-7-16(11)15-13/h3-5,7H,2,6,8H2,1H3. The molecule has 0 saturated carbocycles. The van der Waals surface area contributed by atoms with Crippen LogP contribution in [-0.4, -0.2) is 27.9 Å². The Balaban J connectivity index is 2.09. The number of rotatable bonds is 5. The number of hydrogen-bond acceptors (Lipinski definition) is 5. The highest BCUT2D eigenvalue weighted by Crippen LogP contribution is 2.25. The molecular weight excluding hydrogens is 262 g/mol. The summed E-state index contributed by atoms with van der Waals surface area (Å²) in [6.45, 7) is 2.17. The minimum Gasteiger partial charge on any atom is -0.466 e. The average molecular weight is 275 g/mol. The lowest BCUT2D eigenvalue weighted by Gasteiger charge is -2.00. The van der Waals surface area contributed by atoms with Crippen LogP contribution >= 0.6 is 11.8 Å². The zero-order valence-corrected chi connectivity index (χ0v) is 11.3. The third kappa shape index (κ3) is 3.06. The van der Waals surface area contributed by atoms with Gasteiger partial charge in [-0.05, 0) is 19.1 Å². The SMILES string of the molecule is CCOC(=O)CCSc1nn2ccccc2c1C#N. The minimum atomic E-state index is -0.225. The number of carbonyl (C=O) groups excluding carboxylic acids is 1. The van der Waals surface area contributed by atoms with E-state index in [-0.39, 0.29) is 5.97 Å². The van der Waals surface area contributed by atoms with Gasteiger partial charge in [0.25, 0.3) is 0 Å². The first-order valence-corrected chi connectivity index (χ1v) is 6.90. The summed E-state index contributed by atoms with van der Waals surface area (Å²) >= 11 is 1.40. The molecule has 0 fully saturated rings. The molecule has 0 unspecified atom stereocenters. The zero-order valence-electron chi connectivity index (χ0n) is 10.5. The van der Waals surface area contributed by atoms with E-state index in [1.54, 1.807) is 17.6 Å². The fourth-order valence-corrected chi connectivity index (χ4v) is 2.55. The maximum absolute atomic E-state index is 11.2. The molecule has 0 aliphatic rings. The van der Waals surface area contributed by atoms with E-state index in [4.69, 9.17) is 4.74 Å². The van der Waals surface area contributed by atoms with Crippen molar-refractivity contribution in [3.05, 3.63) is 30.0 Å². The van der Waals surface area contributed by atoms with Crippen LogP contribution in [0.4, 0.5) is 0 Å². The zero-order chi connectivity index (χ0) is 13.7. The van der Waals surface area contributed by atoms with Crippen molar-refractivity contribution in [2.45, 2.75) is 18.4 Å². The molecule has 0 spiro atoms. The minimum absolute atomic E-state index is 0.225. The van der Waals surface area contributed by atoms with Crippen LogP contribution in [0.2, 0.25) is 0 Å². The Kier molecular flexibility index (Phi) is 4.42. The summed E-state index contributed by atoms with van der Waals surface area (Å²) in [7, 11) is 0. The van der Waals surface area contributed by atoms with Gasteiger partial charge in [-0.1, -0.05) is 6.07 Å². The van der Waals surface area contributed by atoms with Gasteiger partial charge in [0.05, 0.1) is 18.5 Å². The van der Waals surface area contributed by atoms with Gasteiger partial charge in [-0.15, -0.1) is 11.8 Å². The molecule has 0 bridgehead atoms. The molecule has 2 aromatic heterocycles. The van der Waals surface area contributed by atoms with E-state index < -0.39 is 0 Å². The Morgan fingerprint density at radius 3 is 3.16 bits per heavy atom. The van der Waals surface area contributed by atoms with Crippen molar-refractivity contribution in [1.29, 1.82) is 5.26 Å². The molecule has 19 heavy (non-hydrogen) atoms. The van der Waals surface area contributed by atoms with Crippen LogP contribution in [-0.2, 0) is 9.53 Å². The second-order valence-corrected chi connectivity index (χ2v) is 4.81. The molecule has 0 aliphatic heterocycles. The topological polar surface area (TPSA) is 67.4 Å². The van der Waals surface area contributed by atoms with Crippen LogP contribution in [0.15, 0.2) is 29.4 Å². The molecule has 0 N–H and O–H groups in total. The van der Waals surface area contributed by atoms with Crippen LogP contribution in [0.1, 0.15) is 18.9 Å². The largest absolute Gasteiger partial charge is 0.466 e. The first-order valence-electron chi connectivity index (χ1n) is 5.92.